The molecule has 2 fully saturated rings. The molecule has 1 aromatic heterocycles. The van der Waals surface area contributed by atoms with Crippen LogP contribution in [0.25, 0.3) is 11.0 Å². The number of benzene rings is 2. The molecule has 1 aliphatic carbocycles. The van der Waals surface area contributed by atoms with Crippen molar-refractivity contribution in [3.8, 4) is 5.75 Å². The molecule has 1 aliphatic heterocycles. The summed E-state index contributed by atoms with van der Waals surface area (Å²) < 4.78 is 21.4. The number of likely N-dealkylation sites (tertiary alicyclic amines) is 1. The van der Waals surface area contributed by atoms with Gasteiger partial charge in [0.15, 0.2) is 11.6 Å². The molecule has 1 saturated carbocycles. The normalized spacial score (nSPS) is 27.3. The van der Waals surface area contributed by atoms with Gasteiger partial charge in [0.25, 0.3) is 0 Å². The zero-order chi connectivity index (χ0) is 20.0. The molecule has 2 aliphatic rings. The molecule has 3 aromatic rings. The summed E-state index contributed by atoms with van der Waals surface area (Å²) in [6.07, 6.45) is 3.21. The van der Waals surface area contributed by atoms with Gasteiger partial charge in [-0.15, -0.1) is 0 Å². The molecule has 2 heterocycles. The number of nitrogens with zero attached hydrogens (tertiary/aromatic N) is 3. The third-order valence-corrected chi connectivity index (χ3v) is 6.67. The van der Waals surface area contributed by atoms with E-state index in [4.69, 9.17) is 4.74 Å². The Bertz CT molecular complexity index is 1020. The summed E-state index contributed by atoms with van der Waals surface area (Å²) in [7, 11) is 1.52. The highest BCUT2D eigenvalue weighted by molar-refractivity contribution is 5.75. The van der Waals surface area contributed by atoms with Crippen LogP contribution in [0, 0.1) is 17.7 Å². The standard InChI is InChI=1S/C23H26FN3O2/c1-29-23-15(5-4-6-18(23)24)11-26-12-16-9-21(22(28)10-17(16)13-26)27-14-25-19-7-2-3-8-20(19)27/h2-8,14,16-17,21-22,28H,9-13H2,1H3/t16-,17+,21-,22-/m1/s1. The number of aliphatic hydroxyl groups is 1. The average Bonchev–Trinajstić information content (AvgIpc) is 3.30. The summed E-state index contributed by atoms with van der Waals surface area (Å²) in [6, 6.07) is 13.2. The molecule has 0 bridgehead atoms. The summed E-state index contributed by atoms with van der Waals surface area (Å²) in [4.78, 5) is 6.87. The van der Waals surface area contributed by atoms with Gasteiger partial charge in [0.2, 0.25) is 0 Å². The van der Waals surface area contributed by atoms with E-state index in [1.807, 2.05) is 30.6 Å². The number of para-hydroxylation sites is 3. The highest BCUT2D eigenvalue weighted by Crippen LogP contribution is 2.42. The monoisotopic (exact) mass is 395 g/mol. The number of halogens is 1. The van der Waals surface area contributed by atoms with Gasteiger partial charge in [0, 0.05) is 25.2 Å². The van der Waals surface area contributed by atoms with Crippen molar-refractivity contribution in [3.05, 3.63) is 60.2 Å². The number of hydrogen-bond donors (Lipinski definition) is 1. The van der Waals surface area contributed by atoms with Crippen molar-refractivity contribution in [2.75, 3.05) is 20.2 Å². The Balaban J connectivity index is 1.33. The zero-order valence-corrected chi connectivity index (χ0v) is 16.5. The van der Waals surface area contributed by atoms with Gasteiger partial charge in [0.05, 0.1) is 36.6 Å². The first-order valence-electron chi connectivity index (χ1n) is 10.3. The highest BCUT2D eigenvalue weighted by Gasteiger charge is 2.42. The molecule has 5 nitrogen and oxygen atoms in total. The minimum atomic E-state index is -0.377. The van der Waals surface area contributed by atoms with Crippen molar-refractivity contribution in [1.29, 1.82) is 0 Å². The molecule has 2 aromatic carbocycles. The van der Waals surface area contributed by atoms with E-state index in [1.54, 1.807) is 6.07 Å². The van der Waals surface area contributed by atoms with Crippen LogP contribution in [0.3, 0.4) is 0 Å². The SMILES string of the molecule is COc1c(F)cccc1CN1C[C@H]2C[C@@H](n3cnc4ccccc43)[C@H](O)C[C@H]2C1. The molecule has 0 spiro atoms. The molecule has 0 amide bonds. The second-order valence-electron chi connectivity index (χ2n) is 8.39. The van der Waals surface area contributed by atoms with Crippen LogP contribution in [-0.2, 0) is 6.54 Å². The van der Waals surface area contributed by atoms with Crippen LogP contribution in [-0.4, -0.2) is 45.9 Å². The largest absolute Gasteiger partial charge is 0.493 e. The third-order valence-electron chi connectivity index (χ3n) is 6.67. The first-order valence-corrected chi connectivity index (χ1v) is 10.3. The van der Waals surface area contributed by atoms with Gasteiger partial charge in [-0.05, 0) is 42.9 Å². The molecule has 0 radical (unpaired) electrons. The highest BCUT2D eigenvalue weighted by atomic mass is 19.1. The number of imidazole rings is 1. The topological polar surface area (TPSA) is 50.5 Å². The number of aromatic nitrogens is 2. The van der Waals surface area contributed by atoms with Gasteiger partial charge in [-0.3, -0.25) is 4.90 Å². The maximum absolute atomic E-state index is 14.0. The number of methoxy groups -OCH3 is 1. The van der Waals surface area contributed by atoms with Crippen molar-refractivity contribution < 1.29 is 14.2 Å². The maximum atomic E-state index is 14.0. The Kier molecular flexibility index (Phi) is 4.76. The second-order valence-corrected chi connectivity index (χ2v) is 8.39. The lowest BCUT2D eigenvalue weighted by atomic mass is 9.77. The molecule has 4 atom stereocenters. The van der Waals surface area contributed by atoms with Crippen LogP contribution in [0.4, 0.5) is 4.39 Å². The van der Waals surface area contributed by atoms with Crippen LogP contribution in [0.15, 0.2) is 48.8 Å². The van der Waals surface area contributed by atoms with Crippen LogP contribution in [0.1, 0.15) is 24.4 Å². The smallest absolute Gasteiger partial charge is 0.165 e. The van der Waals surface area contributed by atoms with Crippen LogP contribution < -0.4 is 4.74 Å². The summed E-state index contributed by atoms with van der Waals surface area (Å²) in [5.74, 6) is 1.01. The lowest BCUT2D eigenvalue weighted by molar-refractivity contribution is 0.0374. The quantitative estimate of drug-likeness (QED) is 0.733. The summed E-state index contributed by atoms with van der Waals surface area (Å²) in [5, 5.41) is 10.9. The maximum Gasteiger partial charge on any atom is 0.165 e. The van der Waals surface area contributed by atoms with Crippen molar-refractivity contribution >= 4 is 11.0 Å². The van der Waals surface area contributed by atoms with Gasteiger partial charge < -0.3 is 14.4 Å². The molecule has 0 unspecified atom stereocenters. The van der Waals surface area contributed by atoms with E-state index in [0.29, 0.717) is 24.1 Å². The predicted molar refractivity (Wildman–Crippen MR) is 109 cm³/mol. The van der Waals surface area contributed by atoms with E-state index in [9.17, 15) is 9.50 Å². The van der Waals surface area contributed by atoms with Gasteiger partial charge in [0.1, 0.15) is 0 Å². The lowest BCUT2D eigenvalue weighted by Gasteiger charge is -2.36. The minimum Gasteiger partial charge on any atom is -0.493 e. The molecule has 6 heteroatoms. The molecule has 1 N–H and O–H groups in total. The van der Waals surface area contributed by atoms with Crippen LogP contribution in [0.5, 0.6) is 5.75 Å². The lowest BCUT2D eigenvalue weighted by Crippen LogP contribution is -2.36. The van der Waals surface area contributed by atoms with E-state index in [-0.39, 0.29) is 18.0 Å². The first kappa shape index (κ1) is 18.6. The van der Waals surface area contributed by atoms with E-state index < -0.39 is 0 Å². The van der Waals surface area contributed by atoms with Gasteiger partial charge in [-0.1, -0.05) is 24.3 Å². The van der Waals surface area contributed by atoms with E-state index in [2.05, 4.69) is 20.5 Å². The number of fused-ring (bicyclic) bond motifs is 2. The number of ether oxygens (including phenoxy) is 1. The van der Waals surface area contributed by atoms with E-state index in [0.717, 1.165) is 42.5 Å². The Morgan fingerprint density at radius 3 is 2.72 bits per heavy atom. The molecule has 152 valence electrons. The second kappa shape index (κ2) is 7.43. The Morgan fingerprint density at radius 2 is 1.90 bits per heavy atom. The summed E-state index contributed by atoms with van der Waals surface area (Å²) in [5.41, 5.74) is 2.92. The van der Waals surface area contributed by atoms with E-state index in [1.165, 1.54) is 13.2 Å². The molecule has 1 saturated heterocycles. The van der Waals surface area contributed by atoms with Crippen molar-refractivity contribution in [2.24, 2.45) is 11.8 Å². The fourth-order valence-corrected chi connectivity index (χ4v) is 5.32. The first-order chi connectivity index (χ1) is 14.1. The molecule has 5 rings (SSSR count). The minimum absolute atomic E-state index is 0.0484. The average molecular weight is 395 g/mol. The Hall–Kier alpha value is -2.44. The third kappa shape index (κ3) is 3.30. The summed E-state index contributed by atoms with van der Waals surface area (Å²) >= 11 is 0. The van der Waals surface area contributed by atoms with Crippen LogP contribution >= 0.6 is 0 Å². The molecular weight excluding hydrogens is 369 g/mol. The fourth-order valence-electron chi connectivity index (χ4n) is 5.32. The van der Waals surface area contributed by atoms with E-state index >= 15 is 0 Å². The Morgan fingerprint density at radius 1 is 1.10 bits per heavy atom. The van der Waals surface area contributed by atoms with Crippen molar-refractivity contribution in [3.63, 3.8) is 0 Å². The van der Waals surface area contributed by atoms with Crippen LogP contribution in [0.2, 0.25) is 0 Å². The Labute approximate surface area is 169 Å². The predicted octanol–water partition coefficient (Wildman–Crippen LogP) is 3.63. The zero-order valence-electron chi connectivity index (χ0n) is 16.5. The number of rotatable bonds is 4. The number of hydrogen-bond acceptors (Lipinski definition) is 4. The molecular formula is C23H26FN3O2. The van der Waals surface area contributed by atoms with Gasteiger partial charge >= 0.3 is 0 Å². The van der Waals surface area contributed by atoms with Crippen molar-refractivity contribution in [1.82, 2.24) is 14.5 Å². The van der Waals surface area contributed by atoms with Gasteiger partial charge in [-0.2, -0.15) is 0 Å². The number of aliphatic hydroxyl groups excluding tert-OH is 1. The summed E-state index contributed by atoms with van der Waals surface area (Å²) in [6.45, 7) is 2.56. The molecule has 29 heavy (non-hydrogen) atoms. The van der Waals surface area contributed by atoms with Crippen molar-refractivity contribution in [2.45, 2.75) is 31.5 Å². The fraction of sp³-hybridized carbons (Fsp3) is 0.435. The van der Waals surface area contributed by atoms with Gasteiger partial charge in [-0.25, -0.2) is 9.37 Å².